The van der Waals surface area contributed by atoms with Crippen LogP contribution in [0, 0.1) is 0 Å². The number of carbonyl (C=O) groups excluding carboxylic acids is 3. The molecule has 0 aliphatic carbocycles. The van der Waals surface area contributed by atoms with E-state index < -0.39 is 17.8 Å². The number of halogens is 3. The summed E-state index contributed by atoms with van der Waals surface area (Å²) in [4.78, 5) is 36.4. The molecule has 0 aliphatic heterocycles. The number of amides is 2. The third kappa shape index (κ3) is 6.40. The van der Waals surface area contributed by atoms with E-state index in [2.05, 4.69) is 31.8 Å². The molecule has 0 saturated carbocycles. The SMILES string of the molecule is O=C(N/N=C\c1cc(Br)ccc1OC(=O)c1ccccc1)C(=O)Nc1ccc(Cl)c(Cl)c1. The van der Waals surface area contributed by atoms with Crippen molar-refractivity contribution < 1.29 is 19.1 Å². The normalized spacial score (nSPS) is 10.6. The minimum absolute atomic E-state index is 0.223. The Labute approximate surface area is 201 Å². The van der Waals surface area contributed by atoms with Gasteiger partial charge in [0.15, 0.2) is 0 Å². The molecule has 0 aliphatic rings. The highest BCUT2D eigenvalue weighted by molar-refractivity contribution is 9.10. The van der Waals surface area contributed by atoms with E-state index in [1.807, 2.05) is 0 Å². The summed E-state index contributed by atoms with van der Waals surface area (Å²) in [6, 6.07) is 17.8. The molecule has 10 heteroatoms. The van der Waals surface area contributed by atoms with Crippen molar-refractivity contribution in [3.8, 4) is 5.75 Å². The smallest absolute Gasteiger partial charge is 0.343 e. The molecule has 0 radical (unpaired) electrons. The molecule has 0 heterocycles. The van der Waals surface area contributed by atoms with Gasteiger partial charge in [-0.15, -0.1) is 0 Å². The van der Waals surface area contributed by atoms with E-state index in [1.54, 1.807) is 48.5 Å². The zero-order chi connectivity index (χ0) is 23.1. The van der Waals surface area contributed by atoms with Gasteiger partial charge in [-0.1, -0.05) is 57.3 Å². The number of benzene rings is 3. The van der Waals surface area contributed by atoms with Crippen molar-refractivity contribution in [1.82, 2.24) is 5.43 Å². The molecule has 0 bridgehead atoms. The standard InChI is InChI=1S/C22H14BrCl2N3O4/c23-15-6-9-19(32-22(31)13-4-2-1-3-5-13)14(10-15)12-26-28-21(30)20(29)27-16-7-8-17(24)18(25)11-16/h1-12H,(H,27,29)(H,28,30)/b26-12-. The Morgan fingerprint density at radius 3 is 2.38 bits per heavy atom. The molecule has 0 spiro atoms. The van der Waals surface area contributed by atoms with Crippen molar-refractivity contribution in [2.45, 2.75) is 0 Å². The second-order valence-electron chi connectivity index (χ2n) is 6.22. The predicted octanol–water partition coefficient (Wildman–Crippen LogP) is 5.06. The first-order chi connectivity index (χ1) is 15.3. The van der Waals surface area contributed by atoms with E-state index in [4.69, 9.17) is 27.9 Å². The van der Waals surface area contributed by atoms with Crippen LogP contribution in [0.25, 0.3) is 0 Å². The van der Waals surface area contributed by atoms with Gasteiger partial charge in [-0.2, -0.15) is 5.10 Å². The number of nitrogens with one attached hydrogen (secondary N) is 2. The Morgan fingerprint density at radius 2 is 1.66 bits per heavy atom. The van der Waals surface area contributed by atoms with Crippen molar-refractivity contribution >= 4 is 68.8 Å². The maximum absolute atomic E-state index is 12.3. The maximum atomic E-state index is 12.3. The number of esters is 1. The van der Waals surface area contributed by atoms with Crippen molar-refractivity contribution in [1.29, 1.82) is 0 Å². The Bertz CT molecular complexity index is 1200. The summed E-state index contributed by atoms with van der Waals surface area (Å²) < 4.78 is 6.12. The number of rotatable bonds is 5. The molecule has 32 heavy (non-hydrogen) atoms. The summed E-state index contributed by atoms with van der Waals surface area (Å²) in [6.07, 6.45) is 1.25. The fraction of sp³-hybridized carbons (Fsp3) is 0. The molecular formula is C22H14BrCl2N3O4. The number of carbonyl (C=O) groups is 3. The minimum Gasteiger partial charge on any atom is -0.422 e. The lowest BCUT2D eigenvalue weighted by atomic mass is 10.2. The van der Waals surface area contributed by atoms with Crippen LogP contribution in [0.2, 0.25) is 10.0 Å². The van der Waals surface area contributed by atoms with Gasteiger partial charge in [-0.3, -0.25) is 9.59 Å². The zero-order valence-corrected chi connectivity index (χ0v) is 19.2. The van der Waals surface area contributed by atoms with Crippen LogP contribution in [0.1, 0.15) is 15.9 Å². The highest BCUT2D eigenvalue weighted by Gasteiger charge is 2.14. The summed E-state index contributed by atoms with van der Waals surface area (Å²) in [5.74, 6) is -2.29. The van der Waals surface area contributed by atoms with Crippen LogP contribution in [0.4, 0.5) is 5.69 Å². The van der Waals surface area contributed by atoms with Crippen LogP contribution in [0.3, 0.4) is 0 Å². The molecular weight excluding hydrogens is 521 g/mol. The lowest BCUT2D eigenvalue weighted by Crippen LogP contribution is -2.32. The zero-order valence-electron chi connectivity index (χ0n) is 16.1. The van der Waals surface area contributed by atoms with E-state index in [1.165, 1.54) is 24.4 Å². The molecule has 7 nitrogen and oxygen atoms in total. The molecule has 0 atom stereocenters. The number of nitrogens with zero attached hydrogens (tertiary/aromatic N) is 1. The first kappa shape index (κ1) is 23.5. The van der Waals surface area contributed by atoms with E-state index in [9.17, 15) is 14.4 Å². The molecule has 162 valence electrons. The van der Waals surface area contributed by atoms with Gasteiger partial charge in [0.05, 0.1) is 21.8 Å². The largest absolute Gasteiger partial charge is 0.422 e. The average Bonchev–Trinajstić information content (AvgIpc) is 2.78. The van der Waals surface area contributed by atoms with Crippen LogP contribution in [-0.2, 0) is 9.59 Å². The highest BCUT2D eigenvalue weighted by Crippen LogP contribution is 2.25. The topological polar surface area (TPSA) is 96.9 Å². The maximum Gasteiger partial charge on any atom is 0.343 e. The predicted molar refractivity (Wildman–Crippen MR) is 126 cm³/mol. The molecule has 3 aromatic rings. The van der Waals surface area contributed by atoms with Gasteiger partial charge >= 0.3 is 17.8 Å². The summed E-state index contributed by atoms with van der Waals surface area (Å²) >= 11 is 15.0. The van der Waals surface area contributed by atoms with Gasteiger partial charge < -0.3 is 10.1 Å². The lowest BCUT2D eigenvalue weighted by Gasteiger charge is -2.08. The fourth-order valence-corrected chi connectivity index (χ4v) is 3.10. The number of hydrazone groups is 1. The molecule has 0 saturated heterocycles. The Hall–Kier alpha value is -3.20. The summed E-state index contributed by atoms with van der Waals surface area (Å²) in [7, 11) is 0. The van der Waals surface area contributed by atoms with Crippen LogP contribution in [0.15, 0.2) is 76.3 Å². The molecule has 2 N–H and O–H groups in total. The Kier molecular flexibility index (Phi) is 7.99. The number of hydrogen-bond acceptors (Lipinski definition) is 5. The third-order valence-corrected chi connectivity index (χ3v) is 5.17. The van der Waals surface area contributed by atoms with Crippen LogP contribution >= 0.6 is 39.1 Å². The van der Waals surface area contributed by atoms with Crippen LogP contribution in [-0.4, -0.2) is 24.0 Å². The van der Waals surface area contributed by atoms with Gasteiger partial charge in [-0.25, -0.2) is 10.2 Å². The van der Waals surface area contributed by atoms with Gasteiger partial charge in [-0.05, 0) is 48.5 Å². The third-order valence-electron chi connectivity index (χ3n) is 3.94. The summed E-state index contributed by atoms with van der Waals surface area (Å²) in [6.45, 7) is 0. The first-order valence-electron chi connectivity index (χ1n) is 8.99. The molecule has 3 rings (SSSR count). The second kappa shape index (κ2) is 10.9. The van der Waals surface area contributed by atoms with Crippen molar-refractivity contribution in [3.05, 3.63) is 92.4 Å². The van der Waals surface area contributed by atoms with Crippen LogP contribution in [0.5, 0.6) is 5.75 Å². The quantitative estimate of drug-likeness (QED) is 0.157. The number of ether oxygens (including phenoxy) is 1. The molecule has 0 unspecified atom stereocenters. The van der Waals surface area contributed by atoms with Gasteiger partial charge in [0, 0.05) is 15.7 Å². The van der Waals surface area contributed by atoms with E-state index in [0.717, 1.165) is 0 Å². The number of hydrogen-bond donors (Lipinski definition) is 2. The van der Waals surface area contributed by atoms with Crippen molar-refractivity contribution in [2.24, 2.45) is 5.10 Å². The Morgan fingerprint density at radius 1 is 0.906 bits per heavy atom. The average molecular weight is 535 g/mol. The van der Waals surface area contributed by atoms with E-state index in [-0.39, 0.29) is 10.8 Å². The molecule has 3 aromatic carbocycles. The fourth-order valence-electron chi connectivity index (χ4n) is 2.42. The molecule has 0 fully saturated rings. The van der Waals surface area contributed by atoms with Crippen molar-refractivity contribution in [3.63, 3.8) is 0 Å². The van der Waals surface area contributed by atoms with Gasteiger partial charge in [0.25, 0.3) is 0 Å². The molecule has 0 aromatic heterocycles. The van der Waals surface area contributed by atoms with E-state index in [0.29, 0.717) is 26.3 Å². The van der Waals surface area contributed by atoms with E-state index >= 15 is 0 Å². The minimum atomic E-state index is -1.01. The van der Waals surface area contributed by atoms with Gasteiger partial charge in [0.1, 0.15) is 5.75 Å². The second-order valence-corrected chi connectivity index (χ2v) is 7.95. The molecule has 2 amide bonds. The van der Waals surface area contributed by atoms with Crippen molar-refractivity contribution in [2.75, 3.05) is 5.32 Å². The Balaban J connectivity index is 1.65. The number of anilines is 1. The first-order valence-corrected chi connectivity index (χ1v) is 10.5. The lowest BCUT2D eigenvalue weighted by molar-refractivity contribution is -0.136. The van der Waals surface area contributed by atoms with Crippen LogP contribution < -0.4 is 15.5 Å². The monoisotopic (exact) mass is 533 g/mol. The van der Waals surface area contributed by atoms with Gasteiger partial charge in [0.2, 0.25) is 0 Å². The highest BCUT2D eigenvalue weighted by atomic mass is 79.9. The summed E-state index contributed by atoms with van der Waals surface area (Å²) in [5.41, 5.74) is 3.19. The summed E-state index contributed by atoms with van der Waals surface area (Å²) in [5, 5.41) is 6.70.